The van der Waals surface area contributed by atoms with E-state index in [1.165, 1.54) is 173 Å². The molecule has 1 atom stereocenters. The van der Waals surface area contributed by atoms with E-state index in [9.17, 15) is 4.79 Å². The monoisotopic (exact) mass is 585 g/mol. The van der Waals surface area contributed by atoms with Gasteiger partial charge in [-0.25, -0.2) is 0 Å². The molecular weight excluding hydrogens is 512 g/mol. The lowest BCUT2D eigenvalue weighted by atomic mass is 9.93. The summed E-state index contributed by atoms with van der Waals surface area (Å²) in [5.74, 6) is 1.05. The maximum Gasteiger partial charge on any atom is 0.321 e. The molecule has 1 saturated heterocycles. The Morgan fingerprint density at radius 3 is 1.17 bits per heavy atom. The SMILES string of the molecule is CCCCCCCC/C=C\CCCCCCCCC=C1OC(=O)C1CCCCCCCC/C=C\CCCCCCCC. The fraction of sp³-hybridized carbons (Fsp3) is 0.825. The number of esters is 1. The molecule has 2 heteroatoms. The molecule has 0 N–H and O–H groups in total. The van der Waals surface area contributed by atoms with Crippen LogP contribution in [0.4, 0.5) is 0 Å². The molecule has 244 valence electrons. The largest absolute Gasteiger partial charge is 0.430 e. The van der Waals surface area contributed by atoms with Gasteiger partial charge < -0.3 is 4.74 Å². The smallest absolute Gasteiger partial charge is 0.321 e. The number of carbonyl (C=O) groups is 1. The second-order valence-electron chi connectivity index (χ2n) is 13.0. The zero-order chi connectivity index (χ0) is 30.2. The molecule has 0 aromatic heterocycles. The topological polar surface area (TPSA) is 26.3 Å². The Balaban J connectivity index is 1.87. The summed E-state index contributed by atoms with van der Waals surface area (Å²) >= 11 is 0. The molecule has 1 aliphatic heterocycles. The van der Waals surface area contributed by atoms with Gasteiger partial charge in [-0.05, 0) is 76.7 Å². The minimum Gasteiger partial charge on any atom is -0.430 e. The van der Waals surface area contributed by atoms with Crippen molar-refractivity contribution in [3.05, 3.63) is 36.1 Å². The Kier molecular flexibility index (Phi) is 28.7. The van der Waals surface area contributed by atoms with Crippen molar-refractivity contribution in [2.24, 2.45) is 5.92 Å². The van der Waals surface area contributed by atoms with Crippen molar-refractivity contribution in [2.75, 3.05) is 0 Å². The van der Waals surface area contributed by atoms with E-state index in [1.54, 1.807) is 0 Å². The fourth-order valence-corrected chi connectivity index (χ4v) is 5.99. The van der Waals surface area contributed by atoms with E-state index in [-0.39, 0.29) is 11.9 Å². The number of ether oxygens (including phenoxy) is 1. The highest BCUT2D eigenvalue weighted by Crippen LogP contribution is 2.32. The molecule has 42 heavy (non-hydrogen) atoms. The van der Waals surface area contributed by atoms with Gasteiger partial charge in [0.2, 0.25) is 0 Å². The van der Waals surface area contributed by atoms with E-state index in [2.05, 4.69) is 44.2 Å². The highest BCUT2D eigenvalue weighted by atomic mass is 16.6. The number of rotatable bonds is 32. The van der Waals surface area contributed by atoms with E-state index < -0.39 is 0 Å². The summed E-state index contributed by atoms with van der Waals surface area (Å²) in [6, 6.07) is 0. The van der Waals surface area contributed by atoms with Crippen LogP contribution in [0.3, 0.4) is 0 Å². The van der Waals surface area contributed by atoms with Gasteiger partial charge in [-0.1, -0.05) is 160 Å². The number of allylic oxidation sites excluding steroid dienone is 5. The third-order valence-corrected chi connectivity index (χ3v) is 8.91. The summed E-state index contributed by atoms with van der Waals surface area (Å²) in [5, 5.41) is 0. The van der Waals surface area contributed by atoms with Gasteiger partial charge in [0.05, 0.1) is 0 Å². The van der Waals surface area contributed by atoms with Crippen LogP contribution in [0.5, 0.6) is 0 Å². The molecular formula is C40H72O2. The van der Waals surface area contributed by atoms with Crippen molar-refractivity contribution in [2.45, 2.75) is 206 Å². The minimum atomic E-state index is 0.00928. The molecule has 0 spiro atoms. The molecule has 0 amide bonds. The van der Waals surface area contributed by atoms with Crippen LogP contribution in [0.2, 0.25) is 0 Å². The molecule has 1 heterocycles. The molecule has 1 unspecified atom stereocenters. The maximum atomic E-state index is 11.9. The van der Waals surface area contributed by atoms with Crippen LogP contribution >= 0.6 is 0 Å². The third kappa shape index (κ3) is 24.2. The molecule has 0 aromatic rings. The number of carbonyl (C=O) groups excluding carboxylic acids is 1. The van der Waals surface area contributed by atoms with Crippen molar-refractivity contribution >= 4 is 5.97 Å². The normalized spacial score (nSPS) is 16.2. The van der Waals surface area contributed by atoms with Gasteiger partial charge in [-0.3, -0.25) is 4.79 Å². The molecule has 1 rings (SSSR count). The summed E-state index contributed by atoms with van der Waals surface area (Å²) < 4.78 is 5.37. The first kappa shape index (κ1) is 38.7. The lowest BCUT2D eigenvalue weighted by Gasteiger charge is -2.28. The van der Waals surface area contributed by atoms with Gasteiger partial charge in [-0.2, -0.15) is 0 Å². The van der Waals surface area contributed by atoms with Crippen molar-refractivity contribution in [1.82, 2.24) is 0 Å². The number of hydrogen-bond donors (Lipinski definition) is 0. The summed E-state index contributed by atoms with van der Waals surface area (Å²) in [4.78, 5) is 11.9. The van der Waals surface area contributed by atoms with Gasteiger partial charge in [0, 0.05) is 0 Å². The van der Waals surface area contributed by atoms with Crippen molar-refractivity contribution in [3.63, 3.8) is 0 Å². The summed E-state index contributed by atoms with van der Waals surface area (Å²) in [6.07, 6.45) is 51.2. The van der Waals surface area contributed by atoms with Gasteiger partial charge in [-0.15, -0.1) is 0 Å². The zero-order valence-corrected chi connectivity index (χ0v) is 28.5. The summed E-state index contributed by atoms with van der Waals surface area (Å²) in [7, 11) is 0. The lowest BCUT2D eigenvalue weighted by Crippen LogP contribution is -2.32. The number of unbranched alkanes of at least 4 members (excludes halogenated alkanes) is 25. The van der Waals surface area contributed by atoms with Crippen molar-refractivity contribution in [1.29, 1.82) is 0 Å². The zero-order valence-electron chi connectivity index (χ0n) is 28.5. The molecule has 2 nitrogen and oxygen atoms in total. The quantitative estimate of drug-likeness (QED) is 0.0446. The standard InChI is InChI=1S/C40H72O2/c1-3-5-7-9-11-13-15-17-19-21-23-25-27-29-31-33-35-37-39-38(40(41)42-39)36-34-32-30-28-26-24-22-20-18-16-14-12-10-8-6-4-2/h17-20,37-38H,3-16,21-36H2,1-2H3/b19-17-,20-18-,39-37?. The van der Waals surface area contributed by atoms with Crippen molar-refractivity contribution in [3.8, 4) is 0 Å². The molecule has 0 aromatic carbocycles. The first-order valence-corrected chi connectivity index (χ1v) is 19.0. The van der Waals surface area contributed by atoms with E-state index in [4.69, 9.17) is 4.74 Å². The van der Waals surface area contributed by atoms with E-state index >= 15 is 0 Å². The second-order valence-corrected chi connectivity index (χ2v) is 13.0. The van der Waals surface area contributed by atoms with Gasteiger partial charge in [0.15, 0.2) is 0 Å². The van der Waals surface area contributed by atoms with Crippen LogP contribution in [-0.4, -0.2) is 5.97 Å². The Morgan fingerprint density at radius 1 is 0.452 bits per heavy atom. The molecule has 1 aliphatic rings. The van der Waals surface area contributed by atoms with Crippen molar-refractivity contribution < 1.29 is 9.53 Å². The van der Waals surface area contributed by atoms with Gasteiger partial charge >= 0.3 is 5.97 Å². The van der Waals surface area contributed by atoms with Crippen LogP contribution < -0.4 is 0 Å². The highest BCUT2D eigenvalue weighted by Gasteiger charge is 2.36. The van der Waals surface area contributed by atoms with Crippen LogP contribution in [0.1, 0.15) is 206 Å². The average Bonchev–Trinajstić information content (AvgIpc) is 2.99. The average molecular weight is 585 g/mol. The molecule has 0 bridgehead atoms. The van der Waals surface area contributed by atoms with E-state index in [0.29, 0.717) is 0 Å². The predicted molar refractivity (Wildman–Crippen MR) is 186 cm³/mol. The first-order valence-electron chi connectivity index (χ1n) is 19.0. The summed E-state index contributed by atoms with van der Waals surface area (Å²) in [6.45, 7) is 4.57. The Hall–Kier alpha value is -1.31. The van der Waals surface area contributed by atoms with E-state index in [0.717, 1.165) is 25.0 Å². The second kappa shape index (κ2) is 31.1. The number of cyclic esters (lactones) is 1. The maximum absolute atomic E-state index is 11.9. The van der Waals surface area contributed by atoms with Crippen LogP contribution in [0, 0.1) is 5.92 Å². The molecule has 0 saturated carbocycles. The van der Waals surface area contributed by atoms with Crippen LogP contribution in [0.25, 0.3) is 0 Å². The highest BCUT2D eigenvalue weighted by molar-refractivity contribution is 5.82. The first-order chi connectivity index (χ1) is 20.8. The fourth-order valence-electron chi connectivity index (χ4n) is 5.99. The number of hydrogen-bond acceptors (Lipinski definition) is 2. The Bertz CT molecular complexity index is 673. The minimum absolute atomic E-state index is 0.00928. The van der Waals surface area contributed by atoms with Crippen LogP contribution in [0.15, 0.2) is 36.1 Å². The summed E-state index contributed by atoms with van der Waals surface area (Å²) in [5.41, 5.74) is 0. The third-order valence-electron chi connectivity index (χ3n) is 8.91. The van der Waals surface area contributed by atoms with Gasteiger partial charge in [0.1, 0.15) is 11.7 Å². The van der Waals surface area contributed by atoms with Crippen LogP contribution in [-0.2, 0) is 9.53 Å². The molecule has 0 radical (unpaired) electrons. The predicted octanol–water partition coefficient (Wildman–Crippen LogP) is 13.9. The Morgan fingerprint density at radius 2 is 0.786 bits per heavy atom. The van der Waals surface area contributed by atoms with Gasteiger partial charge in [0.25, 0.3) is 0 Å². The lowest BCUT2D eigenvalue weighted by molar-refractivity contribution is -0.157. The molecule has 1 fully saturated rings. The molecule has 0 aliphatic carbocycles. The Labute approximate surface area is 263 Å². The van der Waals surface area contributed by atoms with E-state index in [1.807, 2.05) is 0 Å².